The molecule has 1 fully saturated rings. The number of fused-ring (bicyclic) bond motifs is 3. The van der Waals surface area contributed by atoms with E-state index in [0.717, 1.165) is 56.3 Å². The summed E-state index contributed by atoms with van der Waals surface area (Å²) in [4.78, 5) is 19.7. The third-order valence-corrected chi connectivity index (χ3v) is 7.59. The van der Waals surface area contributed by atoms with Gasteiger partial charge in [-0.2, -0.15) is 0 Å². The molecular formula is C29H33N3O4. The average molecular weight is 488 g/mol. The highest BCUT2D eigenvalue weighted by atomic mass is 16.5. The first-order valence-corrected chi connectivity index (χ1v) is 12.8. The van der Waals surface area contributed by atoms with E-state index in [1.165, 1.54) is 6.26 Å². The van der Waals surface area contributed by atoms with E-state index in [4.69, 9.17) is 14.9 Å². The van der Waals surface area contributed by atoms with Crippen LogP contribution < -0.4 is 5.73 Å². The number of esters is 1. The zero-order valence-corrected chi connectivity index (χ0v) is 20.7. The topological polar surface area (TPSA) is 102 Å². The number of aromatic nitrogens is 1. The quantitative estimate of drug-likeness (QED) is 0.266. The molecule has 36 heavy (non-hydrogen) atoms. The molecule has 2 aromatic heterocycles. The smallest absolute Gasteiger partial charge is 0.343 e. The second-order valence-corrected chi connectivity index (χ2v) is 9.56. The third-order valence-electron chi connectivity index (χ3n) is 7.59. The summed E-state index contributed by atoms with van der Waals surface area (Å²) in [6.07, 6.45) is 9.21. The number of nitrogens with two attached hydrogens (primary N) is 1. The molecule has 3 N–H and O–H groups in total. The van der Waals surface area contributed by atoms with Crippen molar-refractivity contribution in [2.24, 2.45) is 11.7 Å². The van der Waals surface area contributed by atoms with Gasteiger partial charge in [-0.05, 0) is 68.9 Å². The number of nitrogens with zero attached hydrogens (tertiary/aromatic N) is 2. The zero-order chi connectivity index (χ0) is 25.1. The summed E-state index contributed by atoms with van der Waals surface area (Å²) < 4.78 is 11.1. The molecule has 1 aliphatic heterocycles. The molecule has 4 aromatic rings. The minimum absolute atomic E-state index is 0.152. The van der Waals surface area contributed by atoms with E-state index in [-0.39, 0.29) is 24.0 Å². The first-order chi connectivity index (χ1) is 17.6. The predicted molar refractivity (Wildman–Crippen MR) is 140 cm³/mol. The minimum Gasteiger partial charge on any atom is -0.507 e. The maximum atomic E-state index is 12.9. The normalized spacial score (nSPS) is 17.8. The first kappa shape index (κ1) is 24.3. The second kappa shape index (κ2) is 10.7. The van der Waals surface area contributed by atoms with Gasteiger partial charge in [0.15, 0.2) is 0 Å². The Morgan fingerprint density at radius 2 is 1.97 bits per heavy atom. The number of ether oxygens (including phenoxy) is 1. The van der Waals surface area contributed by atoms with Gasteiger partial charge in [0.25, 0.3) is 0 Å². The number of phenols is 1. The van der Waals surface area contributed by atoms with Crippen LogP contribution in [-0.4, -0.2) is 47.3 Å². The van der Waals surface area contributed by atoms with E-state index >= 15 is 0 Å². The molecule has 0 saturated carbocycles. The molecule has 0 amide bonds. The van der Waals surface area contributed by atoms with Crippen molar-refractivity contribution >= 4 is 27.7 Å². The Hall–Kier alpha value is -3.42. The number of hydrogen-bond acceptors (Lipinski definition) is 7. The van der Waals surface area contributed by atoms with Gasteiger partial charge in [-0.1, -0.05) is 31.2 Å². The summed E-state index contributed by atoms with van der Waals surface area (Å²) in [6, 6.07) is 11.6. The Morgan fingerprint density at radius 1 is 1.19 bits per heavy atom. The van der Waals surface area contributed by atoms with Gasteiger partial charge >= 0.3 is 5.97 Å². The molecule has 0 bridgehead atoms. The summed E-state index contributed by atoms with van der Waals surface area (Å²) in [7, 11) is 0. The van der Waals surface area contributed by atoms with Crippen molar-refractivity contribution in [2.75, 3.05) is 26.4 Å². The fourth-order valence-electron chi connectivity index (χ4n) is 5.74. The van der Waals surface area contributed by atoms with Crippen molar-refractivity contribution < 1.29 is 19.1 Å². The molecule has 2 aromatic carbocycles. The number of hydrogen-bond donors (Lipinski definition) is 2. The summed E-state index contributed by atoms with van der Waals surface area (Å²) >= 11 is 0. The number of carbonyl (C=O) groups excluding carboxylic acids is 1. The number of aromatic hydroxyl groups is 1. The SMILES string of the molecule is CCN1CCCC(CC(c2ccncc2)c2c(O)c3ccccc3c3occ(C(=O)OCN)c23)CC1. The van der Waals surface area contributed by atoms with Crippen LogP contribution in [-0.2, 0) is 4.74 Å². The van der Waals surface area contributed by atoms with Crippen molar-refractivity contribution in [1.82, 2.24) is 9.88 Å². The fraction of sp³-hybridized carbons (Fsp3) is 0.379. The van der Waals surface area contributed by atoms with Gasteiger partial charge in [-0.25, -0.2) is 4.79 Å². The number of carbonyl (C=O) groups is 1. The monoisotopic (exact) mass is 487 g/mol. The van der Waals surface area contributed by atoms with Crippen molar-refractivity contribution in [3.05, 3.63) is 71.7 Å². The molecular weight excluding hydrogens is 454 g/mol. The molecule has 7 heteroatoms. The number of phenolic OH excluding ortho intramolecular Hbond substituents is 1. The van der Waals surface area contributed by atoms with E-state index in [9.17, 15) is 9.90 Å². The largest absolute Gasteiger partial charge is 0.507 e. The van der Waals surface area contributed by atoms with Crippen molar-refractivity contribution in [3.8, 4) is 5.75 Å². The average Bonchev–Trinajstić information content (AvgIpc) is 3.22. The van der Waals surface area contributed by atoms with Crippen LogP contribution in [0.3, 0.4) is 0 Å². The molecule has 1 saturated heterocycles. The highest BCUT2D eigenvalue weighted by molar-refractivity contribution is 6.16. The number of rotatable bonds is 7. The van der Waals surface area contributed by atoms with Crippen LogP contribution in [0.2, 0.25) is 0 Å². The number of benzene rings is 2. The van der Waals surface area contributed by atoms with Crippen LogP contribution in [0.5, 0.6) is 5.75 Å². The zero-order valence-electron chi connectivity index (χ0n) is 20.7. The van der Waals surface area contributed by atoms with Gasteiger partial charge in [0.05, 0.1) is 0 Å². The van der Waals surface area contributed by atoms with Crippen molar-refractivity contribution in [2.45, 2.75) is 38.5 Å². The summed E-state index contributed by atoms with van der Waals surface area (Å²) in [6.45, 7) is 5.24. The molecule has 188 valence electrons. The van der Waals surface area contributed by atoms with Gasteiger partial charge in [0.1, 0.15) is 29.9 Å². The summed E-state index contributed by atoms with van der Waals surface area (Å²) in [5.74, 6) is -0.0621. The third kappa shape index (κ3) is 4.56. The maximum absolute atomic E-state index is 12.9. The molecule has 0 radical (unpaired) electrons. The van der Waals surface area contributed by atoms with E-state index in [2.05, 4.69) is 16.8 Å². The Kier molecular flexibility index (Phi) is 7.20. The lowest BCUT2D eigenvalue weighted by Crippen LogP contribution is -2.24. The highest BCUT2D eigenvalue weighted by Gasteiger charge is 2.31. The summed E-state index contributed by atoms with van der Waals surface area (Å²) in [5.41, 5.74) is 8.11. The van der Waals surface area contributed by atoms with Crippen LogP contribution in [0.4, 0.5) is 0 Å². The van der Waals surface area contributed by atoms with Gasteiger partial charge in [-0.3, -0.25) is 10.7 Å². The van der Waals surface area contributed by atoms with Crippen molar-refractivity contribution in [3.63, 3.8) is 0 Å². The fourth-order valence-corrected chi connectivity index (χ4v) is 5.74. The maximum Gasteiger partial charge on any atom is 0.343 e. The Labute approximate surface area is 210 Å². The van der Waals surface area contributed by atoms with E-state index in [1.807, 2.05) is 36.4 Å². The van der Waals surface area contributed by atoms with Gasteiger partial charge in [0.2, 0.25) is 0 Å². The second-order valence-electron chi connectivity index (χ2n) is 9.56. The van der Waals surface area contributed by atoms with Gasteiger partial charge in [-0.15, -0.1) is 0 Å². The van der Waals surface area contributed by atoms with E-state index in [1.54, 1.807) is 12.4 Å². The summed E-state index contributed by atoms with van der Waals surface area (Å²) in [5, 5.41) is 13.8. The number of pyridine rings is 1. The predicted octanol–water partition coefficient (Wildman–Crippen LogP) is 5.40. The van der Waals surface area contributed by atoms with Crippen molar-refractivity contribution in [1.29, 1.82) is 0 Å². The number of likely N-dealkylation sites (tertiary alicyclic amines) is 1. The Balaban J connectivity index is 1.71. The van der Waals surface area contributed by atoms with Crippen LogP contribution in [0, 0.1) is 5.92 Å². The van der Waals surface area contributed by atoms with Crippen LogP contribution in [0.1, 0.15) is 60.0 Å². The lowest BCUT2D eigenvalue weighted by molar-refractivity contribution is 0.0516. The Bertz CT molecular complexity index is 1350. The molecule has 0 aliphatic carbocycles. The standard InChI is InChI=1S/C29H33N3O4/c1-2-32-14-5-6-19(11-15-32)16-23(20-9-12-31-13-10-20)25-26-24(29(34)36-18-30)17-35-28(26)22-8-4-3-7-21(22)27(25)33/h3-4,7-10,12-13,17,19,23,33H,2,5-6,11,14-16,18,30H2,1H3. The molecule has 3 heterocycles. The van der Waals surface area contributed by atoms with E-state index in [0.29, 0.717) is 27.8 Å². The van der Waals surface area contributed by atoms with E-state index < -0.39 is 5.97 Å². The molecule has 7 nitrogen and oxygen atoms in total. The van der Waals surface area contributed by atoms with Crippen LogP contribution >= 0.6 is 0 Å². The molecule has 2 atom stereocenters. The molecule has 0 spiro atoms. The lowest BCUT2D eigenvalue weighted by atomic mass is 9.78. The Morgan fingerprint density at radius 3 is 2.72 bits per heavy atom. The molecule has 5 rings (SSSR count). The van der Waals surface area contributed by atoms with Crippen LogP contribution in [0.15, 0.2) is 59.5 Å². The van der Waals surface area contributed by atoms with Crippen LogP contribution in [0.25, 0.3) is 21.7 Å². The first-order valence-electron chi connectivity index (χ1n) is 12.8. The molecule has 2 unspecified atom stereocenters. The number of furan rings is 1. The highest BCUT2D eigenvalue weighted by Crippen LogP contribution is 2.47. The lowest BCUT2D eigenvalue weighted by Gasteiger charge is -2.26. The molecule has 1 aliphatic rings. The minimum atomic E-state index is -0.561. The van der Waals surface area contributed by atoms with Gasteiger partial charge in [0, 0.05) is 40.0 Å². The van der Waals surface area contributed by atoms with Gasteiger partial charge < -0.3 is 19.2 Å².